The summed E-state index contributed by atoms with van der Waals surface area (Å²) in [4.78, 5) is 20.9. The van der Waals surface area contributed by atoms with E-state index in [0.717, 1.165) is 29.0 Å². The smallest absolute Gasteiger partial charge is 0.259 e. The largest absolute Gasteiger partial charge is 0.352 e. The van der Waals surface area contributed by atoms with Crippen LogP contribution in [0.2, 0.25) is 0 Å². The van der Waals surface area contributed by atoms with E-state index in [1.165, 1.54) is 0 Å². The molecule has 0 aliphatic carbocycles. The number of hydrogen-bond acceptors (Lipinski definition) is 6. The fourth-order valence-corrected chi connectivity index (χ4v) is 3.97. The Balaban J connectivity index is 1.76. The maximum absolute atomic E-state index is 13.1. The minimum atomic E-state index is -0.143. The molecule has 0 fully saturated rings. The number of nitrogens with one attached hydrogen (secondary N) is 1. The van der Waals surface area contributed by atoms with Crippen molar-refractivity contribution < 1.29 is 9.32 Å². The molecule has 30 heavy (non-hydrogen) atoms. The van der Waals surface area contributed by atoms with Gasteiger partial charge in [0.1, 0.15) is 5.69 Å². The number of rotatable bonds is 7. The average Bonchev–Trinajstić information content (AvgIpc) is 3.41. The van der Waals surface area contributed by atoms with Crippen molar-refractivity contribution >= 4 is 28.3 Å². The highest BCUT2D eigenvalue weighted by molar-refractivity contribution is 7.13. The lowest BCUT2D eigenvalue weighted by Gasteiger charge is -2.11. The molecule has 4 rings (SSSR count). The maximum atomic E-state index is 13.1. The molecular weight excluding hydrogens is 396 g/mol. The number of nitrogens with zero attached hydrogens (tertiary/aromatic N) is 3. The summed E-state index contributed by atoms with van der Waals surface area (Å²) in [7, 11) is 4.04. The zero-order chi connectivity index (χ0) is 21.1. The number of carbonyl (C=O) groups is 1. The van der Waals surface area contributed by atoms with Gasteiger partial charge in [-0.1, -0.05) is 41.1 Å². The van der Waals surface area contributed by atoms with Crippen molar-refractivity contribution in [2.24, 2.45) is 0 Å². The van der Waals surface area contributed by atoms with Gasteiger partial charge in [-0.15, -0.1) is 11.3 Å². The van der Waals surface area contributed by atoms with E-state index >= 15 is 0 Å². The molecule has 154 valence electrons. The first kappa shape index (κ1) is 20.3. The van der Waals surface area contributed by atoms with Gasteiger partial charge < -0.3 is 14.7 Å². The van der Waals surface area contributed by atoms with Gasteiger partial charge in [0.2, 0.25) is 0 Å². The number of hydrogen-bond donors (Lipinski definition) is 1. The quantitative estimate of drug-likeness (QED) is 0.442. The highest BCUT2D eigenvalue weighted by atomic mass is 32.1. The molecule has 0 aliphatic heterocycles. The number of amides is 1. The number of pyridine rings is 1. The van der Waals surface area contributed by atoms with Crippen LogP contribution in [0.5, 0.6) is 0 Å². The number of carbonyl (C=O) groups excluding carboxylic acids is 1. The summed E-state index contributed by atoms with van der Waals surface area (Å²) in [5, 5.41) is 9.93. The van der Waals surface area contributed by atoms with Gasteiger partial charge in [-0.25, -0.2) is 4.98 Å². The van der Waals surface area contributed by atoms with E-state index < -0.39 is 0 Å². The lowest BCUT2D eigenvalue weighted by molar-refractivity contribution is 0.0954. The molecule has 7 heteroatoms. The third-order valence-electron chi connectivity index (χ3n) is 4.86. The second-order valence-corrected chi connectivity index (χ2v) is 8.47. The van der Waals surface area contributed by atoms with E-state index in [2.05, 4.69) is 20.4 Å². The maximum Gasteiger partial charge on any atom is 0.259 e. The first-order chi connectivity index (χ1) is 14.5. The van der Waals surface area contributed by atoms with Crippen LogP contribution < -0.4 is 5.32 Å². The fourth-order valence-electron chi connectivity index (χ4n) is 3.28. The fraction of sp³-hybridized carbons (Fsp3) is 0.261. The Morgan fingerprint density at radius 2 is 2.00 bits per heavy atom. The second kappa shape index (κ2) is 8.77. The van der Waals surface area contributed by atoms with Crippen LogP contribution in [0.4, 0.5) is 0 Å². The molecule has 6 nitrogen and oxygen atoms in total. The molecule has 3 aromatic heterocycles. The van der Waals surface area contributed by atoms with Crippen molar-refractivity contribution in [1.29, 1.82) is 0 Å². The number of thiophene rings is 1. The van der Waals surface area contributed by atoms with Crippen LogP contribution >= 0.6 is 11.3 Å². The molecule has 1 N–H and O–H groups in total. The number of fused-ring (bicyclic) bond motifs is 1. The monoisotopic (exact) mass is 420 g/mol. The predicted octanol–water partition coefficient (Wildman–Crippen LogP) is 4.61. The van der Waals surface area contributed by atoms with Crippen LogP contribution in [0.1, 0.15) is 22.3 Å². The second-order valence-electron chi connectivity index (χ2n) is 7.52. The van der Waals surface area contributed by atoms with E-state index in [9.17, 15) is 4.79 Å². The standard InChI is InChI=1S/C23H24N4O2S/c1-15-7-9-16(10-8-15)21-20-17(22(28)24-11-5-12-27(2)3)14-18(19-6-4-13-30-19)25-23(20)29-26-21/h4,6-10,13-14H,5,11-12H2,1-3H3,(H,24,28). The predicted molar refractivity (Wildman–Crippen MR) is 121 cm³/mol. The lowest BCUT2D eigenvalue weighted by atomic mass is 10.0. The van der Waals surface area contributed by atoms with Crippen molar-refractivity contribution in [3.8, 4) is 21.8 Å². The molecule has 1 aromatic carbocycles. The van der Waals surface area contributed by atoms with Crippen molar-refractivity contribution in [3.05, 3.63) is 59.0 Å². The molecular formula is C23H24N4O2S. The average molecular weight is 421 g/mol. The Bertz CT molecular complexity index is 1150. The van der Waals surface area contributed by atoms with Crippen molar-refractivity contribution in [3.63, 3.8) is 0 Å². The molecule has 0 atom stereocenters. The Morgan fingerprint density at radius 3 is 2.70 bits per heavy atom. The number of aryl methyl sites for hydroxylation is 1. The van der Waals surface area contributed by atoms with Crippen LogP contribution in [-0.4, -0.2) is 48.1 Å². The van der Waals surface area contributed by atoms with Crippen LogP contribution in [0.15, 0.2) is 52.4 Å². The molecule has 0 bridgehead atoms. The Labute approximate surface area is 179 Å². The minimum Gasteiger partial charge on any atom is -0.352 e. The van der Waals surface area contributed by atoms with Crippen LogP contribution in [0.3, 0.4) is 0 Å². The van der Waals surface area contributed by atoms with Crippen molar-refractivity contribution in [2.45, 2.75) is 13.3 Å². The Hall–Kier alpha value is -3.03. The molecule has 0 saturated heterocycles. The van der Waals surface area contributed by atoms with E-state index in [-0.39, 0.29) is 5.91 Å². The molecule has 3 heterocycles. The van der Waals surface area contributed by atoms with Crippen LogP contribution in [0.25, 0.3) is 32.9 Å². The first-order valence-electron chi connectivity index (χ1n) is 9.87. The van der Waals surface area contributed by atoms with E-state index in [4.69, 9.17) is 4.52 Å². The van der Waals surface area contributed by atoms with Crippen LogP contribution in [0, 0.1) is 6.92 Å². The molecule has 1 amide bonds. The summed E-state index contributed by atoms with van der Waals surface area (Å²) in [5.41, 5.74) is 4.30. The summed E-state index contributed by atoms with van der Waals surface area (Å²) in [6, 6.07) is 13.8. The summed E-state index contributed by atoms with van der Waals surface area (Å²) >= 11 is 1.57. The Kier molecular flexibility index (Phi) is 5.92. The van der Waals surface area contributed by atoms with Gasteiger partial charge in [0.05, 0.1) is 21.5 Å². The van der Waals surface area contributed by atoms with Gasteiger partial charge in [-0.2, -0.15) is 0 Å². The van der Waals surface area contributed by atoms with Gasteiger partial charge >= 0.3 is 0 Å². The van der Waals surface area contributed by atoms with Gasteiger partial charge in [0.25, 0.3) is 11.6 Å². The highest BCUT2D eigenvalue weighted by Crippen LogP contribution is 2.33. The highest BCUT2D eigenvalue weighted by Gasteiger charge is 2.22. The van der Waals surface area contributed by atoms with Crippen molar-refractivity contribution in [1.82, 2.24) is 20.4 Å². The summed E-state index contributed by atoms with van der Waals surface area (Å²) in [6.45, 7) is 3.54. The first-order valence-corrected chi connectivity index (χ1v) is 10.7. The third kappa shape index (κ3) is 4.27. The van der Waals surface area contributed by atoms with E-state index in [1.54, 1.807) is 11.3 Å². The molecule has 0 saturated carbocycles. The van der Waals surface area contributed by atoms with Gasteiger partial charge in [0, 0.05) is 12.1 Å². The number of benzene rings is 1. The molecule has 4 aromatic rings. The topological polar surface area (TPSA) is 71.3 Å². The third-order valence-corrected chi connectivity index (χ3v) is 5.75. The van der Waals surface area contributed by atoms with Gasteiger partial charge in [-0.3, -0.25) is 4.79 Å². The van der Waals surface area contributed by atoms with Gasteiger partial charge in [-0.05, 0) is 51.5 Å². The summed E-state index contributed by atoms with van der Waals surface area (Å²) in [5.74, 6) is -0.143. The van der Waals surface area contributed by atoms with E-state index in [0.29, 0.717) is 34.6 Å². The van der Waals surface area contributed by atoms with Crippen molar-refractivity contribution in [2.75, 3.05) is 27.2 Å². The van der Waals surface area contributed by atoms with Crippen LogP contribution in [-0.2, 0) is 0 Å². The zero-order valence-corrected chi connectivity index (χ0v) is 18.1. The van der Waals surface area contributed by atoms with E-state index in [1.807, 2.05) is 68.9 Å². The lowest BCUT2D eigenvalue weighted by Crippen LogP contribution is -2.27. The summed E-state index contributed by atoms with van der Waals surface area (Å²) in [6.07, 6.45) is 0.874. The molecule has 0 aliphatic rings. The minimum absolute atomic E-state index is 0.143. The van der Waals surface area contributed by atoms with Gasteiger partial charge in [0.15, 0.2) is 0 Å². The molecule has 0 spiro atoms. The normalized spacial score (nSPS) is 11.3. The SMILES string of the molecule is Cc1ccc(-c2noc3nc(-c4cccs4)cc(C(=O)NCCCN(C)C)c23)cc1. The Morgan fingerprint density at radius 1 is 1.20 bits per heavy atom. The molecule has 0 unspecified atom stereocenters. The zero-order valence-electron chi connectivity index (χ0n) is 17.3. The number of aromatic nitrogens is 2. The summed E-state index contributed by atoms with van der Waals surface area (Å²) < 4.78 is 5.58. The molecule has 0 radical (unpaired) electrons.